The molecule has 1 rings (SSSR count). The van der Waals surface area contributed by atoms with Gasteiger partial charge < -0.3 is 10.5 Å². The highest BCUT2D eigenvalue weighted by Gasteiger charge is 2.34. The van der Waals surface area contributed by atoms with Gasteiger partial charge in [-0.05, 0) is 29.5 Å². The minimum Gasteiger partial charge on any atom is -0.492 e. The molecule has 2 nitrogen and oxygen atoms in total. The van der Waals surface area contributed by atoms with Crippen LogP contribution in [0.5, 0.6) is 5.75 Å². The number of thioether (sulfide) groups is 1. The number of ether oxygens (including phenoxy) is 1. The average molecular weight is 319 g/mol. The lowest BCUT2D eigenvalue weighted by Crippen LogP contribution is -2.13. The molecule has 114 valence electrons. The summed E-state index contributed by atoms with van der Waals surface area (Å²) in [7, 11) is 0. The lowest BCUT2D eigenvalue weighted by atomic mass is 10.1. The van der Waals surface area contributed by atoms with E-state index in [0.29, 0.717) is 0 Å². The third-order valence-electron chi connectivity index (χ3n) is 2.19. The SMILES string of the molecule is NCc1ccc(OCCSC(F)(F)F)c(C(F)(F)F)c1. The third kappa shape index (κ3) is 5.49. The molecule has 0 aliphatic heterocycles. The maximum Gasteiger partial charge on any atom is 0.441 e. The van der Waals surface area contributed by atoms with Crippen LogP contribution in [0, 0.1) is 0 Å². The maximum atomic E-state index is 12.8. The predicted octanol–water partition coefficient (Wildman–Crippen LogP) is 3.80. The Labute approximate surface area is 115 Å². The van der Waals surface area contributed by atoms with Crippen molar-refractivity contribution in [3.05, 3.63) is 29.3 Å². The average Bonchev–Trinajstić information content (AvgIpc) is 2.32. The Morgan fingerprint density at radius 3 is 2.25 bits per heavy atom. The summed E-state index contributed by atoms with van der Waals surface area (Å²) in [5.74, 6) is -0.989. The Hall–Kier alpha value is -1.09. The molecule has 0 atom stereocenters. The summed E-state index contributed by atoms with van der Waals surface area (Å²) in [6.07, 6.45) is -4.66. The molecule has 9 heteroatoms. The number of hydrogen-bond acceptors (Lipinski definition) is 3. The van der Waals surface area contributed by atoms with Gasteiger partial charge in [0.25, 0.3) is 0 Å². The second-order valence-corrected chi connectivity index (χ2v) is 4.83. The van der Waals surface area contributed by atoms with Crippen molar-refractivity contribution in [2.45, 2.75) is 18.2 Å². The number of hydrogen-bond donors (Lipinski definition) is 1. The van der Waals surface area contributed by atoms with Crippen LogP contribution in [0.4, 0.5) is 26.3 Å². The van der Waals surface area contributed by atoms with Crippen LogP contribution in [0.25, 0.3) is 0 Å². The molecule has 0 saturated heterocycles. The zero-order chi connectivity index (χ0) is 15.4. The number of benzene rings is 1. The van der Waals surface area contributed by atoms with Crippen LogP contribution < -0.4 is 10.5 Å². The van der Waals surface area contributed by atoms with Gasteiger partial charge in [0, 0.05) is 12.3 Å². The first-order valence-corrected chi connectivity index (χ1v) is 6.35. The van der Waals surface area contributed by atoms with Gasteiger partial charge in [-0.2, -0.15) is 26.3 Å². The fourth-order valence-corrected chi connectivity index (χ4v) is 1.76. The molecule has 0 fully saturated rings. The van der Waals surface area contributed by atoms with Crippen LogP contribution in [-0.4, -0.2) is 17.9 Å². The van der Waals surface area contributed by atoms with Crippen LogP contribution >= 0.6 is 11.8 Å². The van der Waals surface area contributed by atoms with E-state index in [2.05, 4.69) is 0 Å². The fraction of sp³-hybridized carbons (Fsp3) is 0.455. The van der Waals surface area contributed by atoms with Crippen LogP contribution in [-0.2, 0) is 12.7 Å². The first-order valence-electron chi connectivity index (χ1n) is 5.37. The Morgan fingerprint density at radius 1 is 1.10 bits per heavy atom. The molecule has 0 amide bonds. The van der Waals surface area contributed by atoms with Crippen LogP contribution in [0.3, 0.4) is 0 Å². The Morgan fingerprint density at radius 2 is 1.75 bits per heavy atom. The van der Waals surface area contributed by atoms with E-state index in [9.17, 15) is 26.3 Å². The van der Waals surface area contributed by atoms with Crippen molar-refractivity contribution in [2.75, 3.05) is 12.4 Å². The smallest absolute Gasteiger partial charge is 0.441 e. The lowest BCUT2D eigenvalue weighted by molar-refractivity contribution is -0.139. The molecule has 1 aromatic carbocycles. The molecule has 2 N–H and O–H groups in total. The van der Waals surface area contributed by atoms with Gasteiger partial charge in [-0.15, -0.1) is 0 Å². The van der Waals surface area contributed by atoms with E-state index in [1.165, 1.54) is 6.07 Å². The predicted molar refractivity (Wildman–Crippen MR) is 63.3 cm³/mol. The first-order chi connectivity index (χ1) is 9.13. The molecule has 0 heterocycles. The van der Waals surface area contributed by atoms with Crippen molar-refractivity contribution in [3.8, 4) is 5.75 Å². The Bertz CT molecular complexity index is 446. The van der Waals surface area contributed by atoms with Gasteiger partial charge in [0.15, 0.2) is 0 Å². The summed E-state index contributed by atoms with van der Waals surface area (Å²) >= 11 is -0.352. The summed E-state index contributed by atoms with van der Waals surface area (Å²) in [5.41, 5.74) is 0.0288. The molecular formula is C11H11F6NOS. The van der Waals surface area contributed by atoms with Crippen molar-refractivity contribution in [1.82, 2.24) is 0 Å². The highest BCUT2D eigenvalue weighted by Crippen LogP contribution is 2.37. The summed E-state index contributed by atoms with van der Waals surface area (Å²) < 4.78 is 78.6. The van der Waals surface area contributed by atoms with E-state index in [0.717, 1.165) is 12.1 Å². The standard InChI is InChI=1S/C11H11F6NOS/c12-10(13,14)8-5-7(6-18)1-2-9(8)19-3-4-20-11(15,16)17/h1-2,5H,3-4,6,18H2. The normalized spacial score (nSPS) is 12.6. The van der Waals surface area contributed by atoms with Gasteiger partial charge in [-0.1, -0.05) is 6.07 Å². The topological polar surface area (TPSA) is 35.2 Å². The van der Waals surface area contributed by atoms with Crippen LogP contribution in [0.15, 0.2) is 18.2 Å². The molecule has 1 aromatic rings. The van der Waals surface area contributed by atoms with Gasteiger partial charge in [0.2, 0.25) is 0 Å². The summed E-state index contributed by atoms with van der Waals surface area (Å²) in [6.45, 7) is -0.553. The van der Waals surface area contributed by atoms with E-state index in [4.69, 9.17) is 10.5 Å². The Kier molecular flexibility index (Phi) is 5.58. The number of halogens is 6. The highest BCUT2D eigenvalue weighted by molar-refractivity contribution is 8.00. The van der Waals surface area contributed by atoms with Gasteiger partial charge in [0.1, 0.15) is 5.75 Å². The summed E-state index contributed by atoms with van der Waals surface area (Å²) in [6, 6.07) is 3.22. The second-order valence-electron chi connectivity index (χ2n) is 3.68. The van der Waals surface area contributed by atoms with Gasteiger partial charge in [-0.25, -0.2) is 0 Å². The number of rotatable bonds is 5. The minimum atomic E-state index is -4.66. The number of alkyl halides is 6. The molecular weight excluding hydrogens is 308 g/mol. The van der Waals surface area contributed by atoms with E-state index in [1.54, 1.807) is 0 Å². The molecule has 0 aliphatic carbocycles. The van der Waals surface area contributed by atoms with Gasteiger partial charge >= 0.3 is 11.7 Å². The van der Waals surface area contributed by atoms with Crippen molar-refractivity contribution < 1.29 is 31.1 Å². The second kappa shape index (κ2) is 6.57. The first kappa shape index (κ1) is 17.0. The van der Waals surface area contributed by atoms with Crippen LogP contribution in [0.1, 0.15) is 11.1 Å². The molecule has 0 spiro atoms. The van der Waals surface area contributed by atoms with Crippen molar-refractivity contribution in [3.63, 3.8) is 0 Å². The summed E-state index contributed by atoms with van der Waals surface area (Å²) in [5, 5.41) is 0. The molecule has 0 saturated carbocycles. The highest BCUT2D eigenvalue weighted by atomic mass is 32.2. The fourth-order valence-electron chi connectivity index (χ4n) is 1.36. The quantitative estimate of drug-likeness (QED) is 0.662. The zero-order valence-corrected chi connectivity index (χ0v) is 10.8. The van der Waals surface area contributed by atoms with Crippen LogP contribution in [0.2, 0.25) is 0 Å². The molecule has 0 aromatic heterocycles. The molecule has 0 unspecified atom stereocenters. The third-order valence-corrected chi connectivity index (χ3v) is 2.89. The molecule has 20 heavy (non-hydrogen) atoms. The van der Waals surface area contributed by atoms with Crippen molar-refractivity contribution in [1.29, 1.82) is 0 Å². The minimum absolute atomic E-state index is 0.0761. The number of nitrogens with two attached hydrogens (primary N) is 1. The maximum absolute atomic E-state index is 12.8. The molecule has 0 aliphatic rings. The van der Waals surface area contributed by atoms with E-state index in [1.807, 2.05) is 0 Å². The monoisotopic (exact) mass is 319 g/mol. The van der Waals surface area contributed by atoms with E-state index < -0.39 is 35.4 Å². The Balaban J connectivity index is 2.74. The lowest BCUT2D eigenvalue weighted by Gasteiger charge is -2.15. The van der Waals surface area contributed by atoms with Crippen molar-refractivity contribution >= 4 is 11.8 Å². The summed E-state index contributed by atoms with van der Waals surface area (Å²) in [4.78, 5) is 0. The van der Waals surface area contributed by atoms with E-state index >= 15 is 0 Å². The van der Waals surface area contributed by atoms with Gasteiger partial charge in [0.05, 0.1) is 12.2 Å². The molecule has 0 radical (unpaired) electrons. The van der Waals surface area contributed by atoms with Gasteiger partial charge in [-0.3, -0.25) is 0 Å². The van der Waals surface area contributed by atoms with Crippen molar-refractivity contribution in [2.24, 2.45) is 5.73 Å². The largest absolute Gasteiger partial charge is 0.492 e. The van der Waals surface area contributed by atoms with E-state index in [-0.39, 0.29) is 23.9 Å². The molecule has 0 bridgehead atoms. The zero-order valence-electron chi connectivity index (χ0n) is 10.0.